The Hall–Kier alpha value is -3.59. The van der Waals surface area contributed by atoms with Crippen LogP contribution < -0.4 is 9.64 Å². The zero-order valence-electron chi connectivity index (χ0n) is 19.0. The van der Waals surface area contributed by atoms with Crippen molar-refractivity contribution in [2.24, 2.45) is 0 Å². The molecule has 5 rings (SSSR count). The Morgan fingerprint density at radius 2 is 1.81 bits per heavy atom. The van der Waals surface area contributed by atoms with Crippen molar-refractivity contribution in [3.63, 3.8) is 0 Å². The number of benzene rings is 3. The second kappa shape index (κ2) is 9.13. The molecule has 7 nitrogen and oxygen atoms in total. The molecule has 1 aliphatic heterocycles. The third-order valence-corrected chi connectivity index (χ3v) is 7.38. The van der Waals surface area contributed by atoms with Gasteiger partial charge in [-0.05, 0) is 60.5 Å². The molecule has 36 heavy (non-hydrogen) atoms. The molecule has 0 spiro atoms. The van der Waals surface area contributed by atoms with E-state index in [1.54, 1.807) is 49.4 Å². The topological polar surface area (TPSA) is 100.0 Å². The number of aromatic hydroxyl groups is 1. The first kappa shape index (κ1) is 24.1. The Morgan fingerprint density at radius 3 is 2.50 bits per heavy atom. The highest BCUT2D eigenvalue weighted by atomic mass is 35.5. The highest BCUT2D eigenvalue weighted by molar-refractivity contribution is 7.22. The molecule has 1 atom stereocenters. The first-order valence-electron chi connectivity index (χ1n) is 10.7. The van der Waals surface area contributed by atoms with Crippen LogP contribution >= 0.6 is 34.5 Å². The Kier molecular flexibility index (Phi) is 6.12. The number of aromatic nitrogens is 1. The molecule has 1 aromatic heterocycles. The molecule has 4 aromatic rings. The zero-order valence-corrected chi connectivity index (χ0v) is 21.3. The third kappa shape index (κ3) is 3.97. The number of aliphatic hydroxyl groups is 1. The zero-order chi connectivity index (χ0) is 25.7. The molecule has 2 heterocycles. The van der Waals surface area contributed by atoms with Gasteiger partial charge in [-0.2, -0.15) is 0 Å². The first-order chi connectivity index (χ1) is 17.2. The number of rotatable bonds is 4. The number of aryl methyl sites for hydroxylation is 1. The molecule has 0 bridgehead atoms. The average Bonchev–Trinajstić information content (AvgIpc) is 3.36. The largest absolute Gasteiger partial charge is 0.508 e. The first-order valence-corrected chi connectivity index (χ1v) is 12.3. The van der Waals surface area contributed by atoms with Gasteiger partial charge in [0, 0.05) is 5.02 Å². The summed E-state index contributed by atoms with van der Waals surface area (Å²) in [5.41, 5.74) is 1.85. The van der Waals surface area contributed by atoms with Crippen molar-refractivity contribution in [1.82, 2.24) is 4.98 Å². The summed E-state index contributed by atoms with van der Waals surface area (Å²) in [7, 11) is 1.40. The monoisotopic (exact) mass is 540 g/mol. The molecule has 0 radical (unpaired) electrons. The van der Waals surface area contributed by atoms with Gasteiger partial charge < -0.3 is 14.9 Å². The molecule has 1 saturated heterocycles. The summed E-state index contributed by atoms with van der Waals surface area (Å²) in [6.07, 6.45) is 0. The van der Waals surface area contributed by atoms with Gasteiger partial charge in [-0.1, -0.05) is 46.7 Å². The Bertz CT molecular complexity index is 1580. The minimum atomic E-state index is -1.02. The number of nitrogens with zero attached hydrogens (tertiary/aromatic N) is 2. The summed E-state index contributed by atoms with van der Waals surface area (Å²) >= 11 is 13.7. The number of Topliss-reactive ketones (excluding diaryl/α,β-unsaturated/α-hetero) is 1. The smallest absolute Gasteiger partial charge is 0.301 e. The fraction of sp³-hybridized carbons (Fsp3) is 0.115. The normalized spacial score (nSPS) is 17.2. The number of fused-ring (bicyclic) bond motifs is 1. The minimum absolute atomic E-state index is 0.0115. The number of carbonyl (C=O) groups is 2. The molecule has 1 fully saturated rings. The molecular formula is C26H18Cl2N2O5S. The molecule has 3 aromatic carbocycles. The van der Waals surface area contributed by atoms with Crippen LogP contribution in [0.25, 0.3) is 16.0 Å². The summed E-state index contributed by atoms with van der Waals surface area (Å²) in [4.78, 5) is 32.6. The quantitative estimate of drug-likeness (QED) is 0.180. The predicted octanol–water partition coefficient (Wildman–Crippen LogP) is 6.25. The van der Waals surface area contributed by atoms with Crippen LogP contribution in [0.1, 0.15) is 22.7 Å². The van der Waals surface area contributed by atoms with Crippen molar-refractivity contribution in [3.8, 4) is 11.5 Å². The van der Waals surface area contributed by atoms with Gasteiger partial charge in [0.05, 0.1) is 39.5 Å². The van der Waals surface area contributed by atoms with Crippen molar-refractivity contribution in [1.29, 1.82) is 0 Å². The Balaban J connectivity index is 1.77. The van der Waals surface area contributed by atoms with Crippen molar-refractivity contribution >= 4 is 67.3 Å². The number of halogens is 2. The van der Waals surface area contributed by atoms with Crippen LogP contribution in [0, 0.1) is 6.92 Å². The lowest BCUT2D eigenvalue weighted by atomic mass is 9.94. The SMILES string of the molecule is COc1c(Cl)cc(C)cc1/C(O)=C1\C(=O)C(=O)N(c2nc3ccc(Cl)cc3s2)C1c1ccc(O)cc1. The van der Waals surface area contributed by atoms with Gasteiger partial charge in [0.1, 0.15) is 17.3 Å². The molecule has 2 N–H and O–H groups in total. The van der Waals surface area contributed by atoms with Crippen LogP contribution in [0.2, 0.25) is 10.0 Å². The van der Waals surface area contributed by atoms with E-state index < -0.39 is 23.5 Å². The van der Waals surface area contributed by atoms with Gasteiger partial charge in [-0.3, -0.25) is 14.5 Å². The number of ether oxygens (including phenoxy) is 1. The maximum absolute atomic E-state index is 13.4. The second-order valence-corrected chi connectivity index (χ2v) is 10.0. The number of phenolic OH excluding ortho intramolecular Hbond substituents is 1. The maximum Gasteiger partial charge on any atom is 0.301 e. The van der Waals surface area contributed by atoms with E-state index in [4.69, 9.17) is 27.9 Å². The van der Waals surface area contributed by atoms with E-state index in [1.807, 2.05) is 0 Å². The van der Waals surface area contributed by atoms with E-state index >= 15 is 0 Å². The molecule has 0 saturated carbocycles. The average molecular weight is 541 g/mol. The Labute approximate surface area is 219 Å². The molecule has 1 amide bonds. The number of amides is 1. The van der Waals surface area contributed by atoms with E-state index in [-0.39, 0.29) is 32.8 Å². The number of hydrogen-bond acceptors (Lipinski definition) is 7. The molecule has 1 aliphatic rings. The number of anilines is 1. The number of thiazole rings is 1. The molecule has 1 unspecified atom stereocenters. The van der Waals surface area contributed by atoms with Gasteiger partial charge >= 0.3 is 5.91 Å². The van der Waals surface area contributed by atoms with Gasteiger partial charge in [0.2, 0.25) is 0 Å². The third-order valence-electron chi connectivity index (χ3n) is 5.85. The van der Waals surface area contributed by atoms with Gasteiger partial charge in [0.15, 0.2) is 5.13 Å². The number of methoxy groups -OCH3 is 1. The fourth-order valence-corrected chi connectivity index (χ4v) is 5.87. The second-order valence-electron chi connectivity index (χ2n) is 8.20. The summed E-state index contributed by atoms with van der Waals surface area (Å²) < 4.78 is 6.13. The van der Waals surface area contributed by atoms with Crippen LogP contribution in [0.3, 0.4) is 0 Å². The van der Waals surface area contributed by atoms with E-state index in [0.29, 0.717) is 16.1 Å². The predicted molar refractivity (Wildman–Crippen MR) is 140 cm³/mol. The fourth-order valence-electron chi connectivity index (χ4n) is 4.25. The van der Waals surface area contributed by atoms with Crippen molar-refractivity contribution in [2.45, 2.75) is 13.0 Å². The molecule has 182 valence electrons. The van der Waals surface area contributed by atoms with Gasteiger partial charge in [0.25, 0.3) is 5.78 Å². The van der Waals surface area contributed by atoms with Gasteiger partial charge in [-0.25, -0.2) is 4.98 Å². The number of ketones is 1. The van der Waals surface area contributed by atoms with Crippen molar-refractivity contribution < 1.29 is 24.5 Å². The van der Waals surface area contributed by atoms with Crippen LogP contribution in [0.15, 0.2) is 60.2 Å². The summed E-state index contributed by atoms with van der Waals surface area (Å²) in [6.45, 7) is 1.78. The number of hydrogen-bond donors (Lipinski definition) is 2. The molecule has 0 aliphatic carbocycles. The lowest BCUT2D eigenvalue weighted by Gasteiger charge is -2.23. The van der Waals surface area contributed by atoms with Crippen LogP contribution in [-0.4, -0.2) is 34.0 Å². The van der Waals surface area contributed by atoms with Gasteiger partial charge in [-0.15, -0.1) is 0 Å². The minimum Gasteiger partial charge on any atom is -0.508 e. The molecule has 10 heteroatoms. The summed E-state index contributed by atoms with van der Waals surface area (Å²) in [5, 5.41) is 22.3. The number of aliphatic hydroxyl groups excluding tert-OH is 1. The lowest BCUT2D eigenvalue weighted by Crippen LogP contribution is -2.29. The summed E-state index contributed by atoms with van der Waals surface area (Å²) in [5.74, 6) is -1.98. The summed E-state index contributed by atoms with van der Waals surface area (Å²) in [6, 6.07) is 13.5. The van der Waals surface area contributed by atoms with E-state index in [2.05, 4.69) is 4.98 Å². The number of carbonyl (C=O) groups excluding carboxylic acids is 2. The maximum atomic E-state index is 13.4. The highest BCUT2D eigenvalue weighted by Crippen LogP contribution is 2.46. The van der Waals surface area contributed by atoms with E-state index in [9.17, 15) is 19.8 Å². The van der Waals surface area contributed by atoms with Crippen molar-refractivity contribution in [3.05, 3.63) is 86.9 Å². The Morgan fingerprint density at radius 1 is 1.08 bits per heavy atom. The van der Waals surface area contributed by atoms with Crippen LogP contribution in [0.4, 0.5) is 5.13 Å². The standard InChI is InChI=1S/C26H18Cl2N2O5S/c1-12-9-16(24(35-2)17(28)10-12)22(32)20-21(13-3-6-15(31)7-4-13)30(25(34)23(20)33)26-29-18-8-5-14(27)11-19(18)36-26/h3-11,21,31-32H,1-2H3/b22-20+. The van der Waals surface area contributed by atoms with E-state index in [1.165, 1.54) is 35.5 Å². The number of phenols is 1. The molecular weight excluding hydrogens is 523 g/mol. The lowest BCUT2D eigenvalue weighted by molar-refractivity contribution is -0.132. The highest BCUT2D eigenvalue weighted by Gasteiger charge is 2.48. The van der Waals surface area contributed by atoms with Crippen molar-refractivity contribution in [2.75, 3.05) is 12.0 Å². The van der Waals surface area contributed by atoms with Crippen LogP contribution in [0.5, 0.6) is 11.5 Å². The van der Waals surface area contributed by atoms with E-state index in [0.717, 1.165) is 10.3 Å². The van der Waals surface area contributed by atoms with Crippen LogP contribution in [-0.2, 0) is 9.59 Å².